The highest BCUT2D eigenvalue weighted by atomic mass is 16.4. The maximum Gasteiger partial charge on any atom is 0.309 e. The summed E-state index contributed by atoms with van der Waals surface area (Å²) in [5.74, 6) is -0.0536. The van der Waals surface area contributed by atoms with E-state index in [1.54, 1.807) is 0 Å². The number of aliphatic carboxylic acids is 1. The van der Waals surface area contributed by atoms with Crippen LogP contribution in [-0.4, -0.2) is 22.3 Å². The first-order valence-electron chi connectivity index (χ1n) is 7.54. The van der Waals surface area contributed by atoms with Crippen molar-refractivity contribution in [3.05, 3.63) is 0 Å². The lowest BCUT2D eigenvalue weighted by Gasteiger charge is -2.35. The zero-order valence-electron chi connectivity index (χ0n) is 11.2. The van der Waals surface area contributed by atoms with E-state index in [0.29, 0.717) is 12.3 Å². The highest BCUT2D eigenvalue weighted by Crippen LogP contribution is 2.42. The minimum atomic E-state index is -0.687. The third-order valence-electron chi connectivity index (χ3n) is 4.97. The van der Waals surface area contributed by atoms with Crippen LogP contribution in [0.15, 0.2) is 0 Å². The molecule has 0 saturated heterocycles. The van der Waals surface area contributed by atoms with E-state index >= 15 is 0 Å². The molecule has 1 atom stereocenters. The maximum absolute atomic E-state index is 11.5. The molecule has 0 aromatic heterocycles. The van der Waals surface area contributed by atoms with E-state index in [1.165, 1.54) is 25.7 Å². The van der Waals surface area contributed by atoms with Gasteiger partial charge in [-0.3, -0.25) is 4.79 Å². The maximum atomic E-state index is 11.5. The quantitative estimate of drug-likeness (QED) is 0.791. The van der Waals surface area contributed by atoms with Gasteiger partial charge >= 0.3 is 5.97 Å². The lowest BCUT2D eigenvalue weighted by molar-refractivity contribution is -0.153. The SMILES string of the molecule is O=C(O)C1(CC(O)CC2CCCC2)CCCCC1. The number of hydrogen-bond donors (Lipinski definition) is 2. The summed E-state index contributed by atoms with van der Waals surface area (Å²) in [6.07, 6.45) is 10.5. The van der Waals surface area contributed by atoms with Gasteiger partial charge in [-0.15, -0.1) is 0 Å². The summed E-state index contributed by atoms with van der Waals surface area (Å²) in [6.45, 7) is 0. The smallest absolute Gasteiger partial charge is 0.309 e. The van der Waals surface area contributed by atoms with Crippen molar-refractivity contribution in [3.63, 3.8) is 0 Å². The molecule has 2 fully saturated rings. The van der Waals surface area contributed by atoms with Crippen LogP contribution in [0.1, 0.15) is 70.6 Å². The second-order valence-corrected chi connectivity index (χ2v) is 6.39. The number of carbonyl (C=O) groups is 1. The largest absolute Gasteiger partial charge is 0.481 e. The third-order valence-corrected chi connectivity index (χ3v) is 4.97. The second kappa shape index (κ2) is 6.05. The molecule has 0 amide bonds. The summed E-state index contributed by atoms with van der Waals surface area (Å²) in [6, 6.07) is 0. The average Bonchev–Trinajstić information content (AvgIpc) is 2.82. The Bertz CT molecular complexity index is 275. The Kier molecular flexibility index (Phi) is 4.66. The summed E-state index contributed by atoms with van der Waals surface area (Å²) in [5, 5.41) is 19.7. The Hall–Kier alpha value is -0.570. The molecule has 0 aromatic rings. The van der Waals surface area contributed by atoms with Gasteiger partial charge in [0.15, 0.2) is 0 Å². The van der Waals surface area contributed by atoms with Gasteiger partial charge in [0.05, 0.1) is 11.5 Å². The Morgan fingerprint density at radius 2 is 1.72 bits per heavy atom. The standard InChI is InChI=1S/C15H26O3/c16-13(10-12-6-2-3-7-12)11-15(14(17)18)8-4-1-5-9-15/h12-13,16H,1-11H2,(H,17,18). The number of carboxylic acids is 1. The van der Waals surface area contributed by atoms with E-state index in [0.717, 1.165) is 38.5 Å². The lowest BCUT2D eigenvalue weighted by atomic mass is 9.70. The van der Waals surface area contributed by atoms with Crippen LogP contribution >= 0.6 is 0 Å². The molecular weight excluding hydrogens is 228 g/mol. The van der Waals surface area contributed by atoms with Crippen LogP contribution in [0.3, 0.4) is 0 Å². The minimum absolute atomic E-state index is 0.415. The van der Waals surface area contributed by atoms with Crippen LogP contribution in [0.25, 0.3) is 0 Å². The Labute approximate surface area is 110 Å². The first kappa shape index (κ1) is 13.9. The van der Waals surface area contributed by atoms with Crippen molar-refractivity contribution in [1.29, 1.82) is 0 Å². The van der Waals surface area contributed by atoms with Gasteiger partial charge in [0.2, 0.25) is 0 Å². The van der Waals surface area contributed by atoms with Crippen molar-refractivity contribution in [2.75, 3.05) is 0 Å². The first-order valence-corrected chi connectivity index (χ1v) is 7.54. The molecule has 0 bridgehead atoms. The highest BCUT2D eigenvalue weighted by Gasteiger charge is 2.41. The molecule has 18 heavy (non-hydrogen) atoms. The van der Waals surface area contributed by atoms with Gasteiger partial charge in [-0.1, -0.05) is 44.9 Å². The molecule has 2 rings (SSSR count). The van der Waals surface area contributed by atoms with Crippen molar-refractivity contribution in [2.45, 2.75) is 76.7 Å². The molecule has 3 heteroatoms. The van der Waals surface area contributed by atoms with Gasteiger partial charge in [0.25, 0.3) is 0 Å². The Morgan fingerprint density at radius 3 is 2.28 bits per heavy atom. The summed E-state index contributed by atoms with van der Waals surface area (Å²) in [5.41, 5.74) is -0.629. The molecule has 3 nitrogen and oxygen atoms in total. The molecule has 0 heterocycles. The highest BCUT2D eigenvalue weighted by molar-refractivity contribution is 5.74. The van der Waals surface area contributed by atoms with Crippen LogP contribution in [0.2, 0.25) is 0 Å². The third kappa shape index (κ3) is 3.25. The van der Waals surface area contributed by atoms with Crippen molar-refractivity contribution in [3.8, 4) is 0 Å². The van der Waals surface area contributed by atoms with Gasteiger partial charge < -0.3 is 10.2 Å². The molecule has 2 aliphatic carbocycles. The van der Waals surface area contributed by atoms with Gasteiger partial charge in [0.1, 0.15) is 0 Å². The van der Waals surface area contributed by atoms with E-state index in [4.69, 9.17) is 0 Å². The summed E-state index contributed by atoms with van der Waals surface area (Å²) in [7, 11) is 0. The van der Waals surface area contributed by atoms with Crippen LogP contribution < -0.4 is 0 Å². The topological polar surface area (TPSA) is 57.5 Å². The van der Waals surface area contributed by atoms with Crippen molar-refractivity contribution >= 4 is 5.97 Å². The molecular formula is C15H26O3. The van der Waals surface area contributed by atoms with Crippen molar-refractivity contribution in [2.24, 2.45) is 11.3 Å². The molecule has 0 spiro atoms. The number of carboxylic acid groups (broad SMARTS) is 1. The van der Waals surface area contributed by atoms with E-state index in [-0.39, 0.29) is 0 Å². The fourth-order valence-electron chi connectivity index (χ4n) is 3.90. The Balaban J connectivity index is 1.89. The fourth-order valence-corrected chi connectivity index (χ4v) is 3.90. The van der Waals surface area contributed by atoms with Crippen LogP contribution in [0.4, 0.5) is 0 Å². The summed E-state index contributed by atoms with van der Waals surface area (Å²) in [4.78, 5) is 11.5. The van der Waals surface area contributed by atoms with Gasteiger partial charge in [-0.05, 0) is 31.6 Å². The van der Waals surface area contributed by atoms with Crippen molar-refractivity contribution in [1.82, 2.24) is 0 Å². The molecule has 1 unspecified atom stereocenters. The zero-order valence-corrected chi connectivity index (χ0v) is 11.2. The monoisotopic (exact) mass is 254 g/mol. The van der Waals surface area contributed by atoms with E-state index in [9.17, 15) is 15.0 Å². The number of aliphatic hydroxyl groups is 1. The van der Waals surface area contributed by atoms with Gasteiger partial charge in [-0.2, -0.15) is 0 Å². The predicted molar refractivity (Wildman–Crippen MR) is 70.4 cm³/mol. The second-order valence-electron chi connectivity index (χ2n) is 6.39. The Morgan fingerprint density at radius 1 is 1.11 bits per heavy atom. The number of aliphatic hydroxyl groups excluding tert-OH is 1. The van der Waals surface area contributed by atoms with E-state index in [1.807, 2.05) is 0 Å². The molecule has 0 aliphatic heterocycles. The van der Waals surface area contributed by atoms with Crippen LogP contribution in [0.5, 0.6) is 0 Å². The van der Waals surface area contributed by atoms with E-state index < -0.39 is 17.5 Å². The predicted octanol–water partition coefficient (Wildman–Crippen LogP) is 3.35. The summed E-state index contributed by atoms with van der Waals surface area (Å²) < 4.78 is 0. The summed E-state index contributed by atoms with van der Waals surface area (Å²) >= 11 is 0. The van der Waals surface area contributed by atoms with Crippen LogP contribution in [-0.2, 0) is 4.79 Å². The first-order chi connectivity index (χ1) is 8.62. The molecule has 2 saturated carbocycles. The van der Waals surface area contributed by atoms with Gasteiger partial charge in [0, 0.05) is 0 Å². The molecule has 104 valence electrons. The zero-order chi connectivity index (χ0) is 13.0. The van der Waals surface area contributed by atoms with Gasteiger partial charge in [-0.25, -0.2) is 0 Å². The minimum Gasteiger partial charge on any atom is -0.481 e. The molecule has 2 N–H and O–H groups in total. The molecule has 0 radical (unpaired) electrons. The molecule has 2 aliphatic rings. The van der Waals surface area contributed by atoms with Crippen LogP contribution in [0, 0.1) is 11.3 Å². The number of rotatable bonds is 5. The van der Waals surface area contributed by atoms with Crippen molar-refractivity contribution < 1.29 is 15.0 Å². The normalized spacial score (nSPS) is 26.1. The lowest BCUT2D eigenvalue weighted by Crippen LogP contribution is -2.37. The fraction of sp³-hybridized carbons (Fsp3) is 0.933. The van der Waals surface area contributed by atoms with E-state index in [2.05, 4.69) is 0 Å². The number of hydrogen-bond acceptors (Lipinski definition) is 2. The average molecular weight is 254 g/mol. The molecule has 0 aromatic carbocycles.